The molecule has 29 heavy (non-hydrogen) atoms. The molecule has 0 aliphatic heterocycles. The zero-order valence-corrected chi connectivity index (χ0v) is 15.9. The lowest BCUT2D eigenvalue weighted by molar-refractivity contribution is -0.114. The van der Waals surface area contributed by atoms with E-state index in [-0.39, 0.29) is 23.2 Å². The summed E-state index contributed by atoms with van der Waals surface area (Å²) in [6.07, 6.45) is 1.35. The number of hydrogen-bond donors (Lipinski definition) is 4. The Morgan fingerprint density at radius 1 is 1.00 bits per heavy atom. The maximum absolute atomic E-state index is 11.8. The summed E-state index contributed by atoms with van der Waals surface area (Å²) in [5, 5.41) is 8.80. The molecule has 0 fully saturated rings. The third-order valence-corrected chi connectivity index (χ3v) is 3.83. The van der Waals surface area contributed by atoms with Gasteiger partial charge >= 0.3 is 0 Å². The lowest BCUT2D eigenvalue weighted by Gasteiger charge is -2.13. The molecule has 3 rings (SSSR count). The molecule has 1 heterocycles. The van der Waals surface area contributed by atoms with Crippen molar-refractivity contribution in [1.29, 1.82) is 0 Å². The van der Waals surface area contributed by atoms with Crippen LogP contribution in [0.5, 0.6) is 5.75 Å². The van der Waals surface area contributed by atoms with E-state index >= 15 is 0 Å². The molecule has 0 aliphatic rings. The molecular weight excluding hydrogens is 372 g/mol. The van der Waals surface area contributed by atoms with Crippen molar-refractivity contribution in [2.75, 3.05) is 23.1 Å². The zero-order valence-electron chi connectivity index (χ0n) is 15.9. The van der Waals surface area contributed by atoms with Crippen molar-refractivity contribution in [3.63, 3.8) is 0 Å². The van der Waals surface area contributed by atoms with Crippen molar-refractivity contribution in [2.24, 2.45) is 5.73 Å². The number of ether oxygens (including phenoxy) is 1. The van der Waals surface area contributed by atoms with Gasteiger partial charge in [0.25, 0.3) is 5.91 Å². The average molecular weight is 392 g/mol. The molecule has 2 amide bonds. The second-order valence-corrected chi connectivity index (χ2v) is 6.06. The maximum Gasteiger partial charge on any atom is 0.254 e. The van der Waals surface area contributed by atoms with Crippen LogP contribution >= 0.6 is 0 Å². The quantitative estimate of drug-likeness (QED) is 0.486. The SMILES string of the molecule is COc1cccc(Nc2ncc(C(N)=O)c(Nc3cccc(NC(C)=O)c3)n2)c1. The van der Waals surface area contributed by atoms with Gasteiger partial charge in [0.05, 0.1) is 7.11 Å². The highest BCUT2D eigenvalue weighted by Crippen LogP contribution is 2.24. The molecule has 9 nitrogen and oxygen atoms in total. The molecule has 0 unspecified atom stereocenters. The van der Waals surface area contributed by atoms with E-state index in [1.165, 1.54) is 13.1 Å². The summed E-state index contributed by atoms with van der Waals surface area (Å²) in [4.78, 5) is 31.6. The third-order valence-electron chi connectivity index (χ3n) is 3.83. The van der Waals surface area contributed by atoms with Gasteiger partial charge in [-0.1, -0.05) is 12.1 Å². The molecule has 0 atom stereocenters. The van der Waals surface area contributed by atoms with Crippen molar-refractivity contribution in [3.8, 4) is 5.75 Å². The molecule has 148 valence electrons. The van der Waals surface area contributed by atoms with Gasteiger partial charge in [-0.15, -0.1) is 0 Å². The summed E-state index contributed by atoms with van der Waals surface area (Å²) < 4.78 is 5.20. The van der Waals surface area contributed by atoms with Crippen LogP contribution in [0.3, 0.4) is 0 Å². The Balaban J connectivity index is 1.89. The van der Waals surface area contributed by atoms with E-state index in [1.807, 2.05) is 18.2 Å². The molecule has 0 aliphatic carbocycles. The van der Waals surface area contributed by atoms with Crippen LogP contribution in [-0.2, 0) is 4.79 Å². The summed E-state index contributed by atoms with van der Waals surface area (Å²) in [7, 11) is 1.58. The van der Waals surface area contributed by atoms with Gasteiger partial charge in [-0.05, 0) is 30.3 Å². The molecule has 3 aromatic rings. The summed E-state index contributed by atoms with van der Waals surface area (Å²) in [5.41, 5.74) is 7.52. The van der Waals surface area contributed by atoms with Crippen LogP contribution in [-0.4, -0.2) is 28.9 Å². The molecular formula is C20H20N6O3. The molecule has 2 aromatic carbocycles. The lowest BCUT2D eigenvalue weighted by atomic mass is 10.2. The number of rotatable bonds is 7. The Hall–Kier alpha value is -4.14. The summed E-state index contributed by atoms with van der Waals surface area (Å²) >= 11 is 0. The van der Waals surface area contributed by atoms with Gasteiger partial charge in [-0.25, -0.2) is 4.98 Å². The van der Waals surface area contributed by atoms with Gasteiger partial charge in [0.1, 0.15) is 17.1 Å². The molecule has 9 heteroatoms. The number of hydrogen-bond acceptors (Lipinski definition) is 7. The van der Waals surface area contributed by atoms with Crippen LogP contribution in [0.25, 0.3) is 0 Å². The summed E-state index contributed by atoms with van der Waals surface area (Å²) in [6.45, 7) is 1.42. The number of primary amides is 1. The number of nitrogens with two attached hydrogens (primary N) is 1. The van der Waals surface area contributed by atoms with E-state index in [0.29, 0.717) is 17.1 Å². The Labute approximate surface area is 167 Å². The van der Waals surface area contributed by atoms with E-state index in [4.69, 9.17) is 10.5 Å². The van der Waals surface area contributed by atoms with Crippen LogP contribution in [0.15, 0.2) is 54.7 Å². The summed E-state index contributed by atoms with van der Waals surface area (Å²) in [5.74, 6) is 0.323. The fourth-order valence-corrected chi connectivity index (χ4v) is 2.56. The zero-order chi connectivity index (χ0) is 20.8. The van der Waals surface area contributed by atoms with Crippen molar-refractivity contribution < 1.29 is 14.3 Å². The van der Waals surface area contributed by atoms with Crippen LogP contribution in [0, 0.1) is 0 Å². The Kier molecular flexibility index (Phi) is 5.88. The number of nitrogens with one attached hydrogen (secondary N) is 3. The predicted octanol–water partition coefficient (Wildman–Crippen LogP) is 3.03. The van der Waals surface area contributed by atoms with E-state index in [0.717, 1.165) is 5.69 Å². The van der Waals surface area contributed by atoms with Gasteiger partial charge in [0.15, 0.2) is 0 Å². The largest absolute Gasteiger partial charge is 0.497 e. The molecule has 5 N–H and O–H groups in total. The van der Waals surface area contributed by atoms with Crippen LogP contribution in [0.2, 0.25) is 0 Å². The van der Waals surface area contributed by atoms with Gasteiger partial charge in [-0.3, -0.25) is 9.59 Å². The van der Waals surface area contributed by atoms with Crippen molar-refractivity contribution in [2.45, 2.75) is 6.92 Å². The predicted molar refractivity (Wildman–Crippen MR) is 111 cm³/mol. The van der Waals surface area contributed by atoms with E-state index in [1.54, 1.807) is 37.4 Å². The van der Waals surface area contributed by atoms with Crippen molar-refractivity contribution in [1.82, 2.24) is 9.97 Å². The molecule has 0 spiro atoms. The van der Waals surface area contributed by atoms with Gasteiger partial charge in [-0.2, -0.15) is 4.98 Å². The number of amides is 2. The van der Waals surface area contributed by atoms with Crippen LogP contribution < -0.4 is 26.4 Å². The Bertz CT molecular complexity index is 1050. The minimum atomic E-state index is -0.668. The normalized spacial score (nSPS) is 10.1. The minimum absolute atomic E-state index is 0.131. The second kappa shape index (κ2) is 8.70. The first-order valence-corrected chi connectivity index (χ1v) is 8.67. The molecule has 0 saturated carbocycles. The van der Waals surface area contributed by atoms with Gasteiger partial charge in [0, 0.05) is 36.2 Å². The number of nitrogens with zero attached hydrogens (tertiary/aromatic N) is 2. The highest BCUT2D eigenvalue weighted by molar-refractivity contribution is 5.98. The highest BCUT2D eigenvalue weighted by Gasteiger charge is 2.13. The monoisotopic (exact) mass is 392 g/mol. The van der Waals surface area contributed by atoms with E-state index in [2.05, 4.69) is 25.9 Å². The first-order chi connectivity index (χ1) is 13.9. The average Bonchev–Trinajstić information content (AvgIpc) is 2.68. The number of benzene rings is 2. The minimum Gasteiger partial charge on any atom is -0.497 e. The Morgan fingerprint density at radius 3 is 2.38 bits per heavy atom. The molecule has 0 radical (unpaired) electrons. The smallest absolute Gasteiger partial charge is 0.254 e. The van der Waals surface area contributed by atoms with Gasteiger partial charge in [0.2, 0.25) is 11.9 Å². The fraction of sp³-hybridized carbons (Fsp3) is 0.100. The third kappa shape index (κ3) is 5.19. The number of carbonyl (C=O) groups excluding carboxylic acids is 2. The second-order valence-electron chi connectivity index (χ2n) is 6.06. The number of anilines is 5. The van der Waals surface area contributed by atoms with Crippen molar-refractivity contribution in [3.05, 3.63) is 60.3 Å². The number of carbonyl (C=O) groups is 2. The standard InChI is InChI=1S/C20H20N6O3/c1-12(27)23-13-5-3-6-14(9-13)24-19-17(18(21)28)11-22-20(26-19)25-15-7-4-8-16(10-15)29-2/h3-11H,1-2H3,(H2,21,28)(H,23,27)(H2,22,24,25,26). The van der Waals surface area contributed by atoms with Crippen LogP contribution in [0.1, 0.15) is 17.3 Å². The Morgan fingerprint density at radius 2 is 1.69 bits per heavy atom. The maximum atomic E-state index is 11.8. The first kappa shape index (κ1) is 19.6. The molecule has 0 saturated heterocycles. The molecule has 1 aromatic heterocycles. The lowest BCUT2D eigenvalue weighted by Crippen LogP contribution is -2.15. The van der Waals surface area contributed by atoms with E-state index < -0.39 is 5.91 Å². The van der Waals surface area contributed by atoms with E-state index in [9.17, 15) is 9.59 Å². The molecule has 0 bridgehead atoms. The van der Waals surface area contributed by atoms with Gasteiger partial charge < -0.3 is 26.4 Å². The highest BCUT2D eigenvalue weighted by atomic mass is 16.5. The van der Waals surface area contributed by atoms with Crippen molar-refractivity contribution >= 4 is 40.6 Å². The first-order valence-electron chi connectivity index (χ1n) is 8.67. The number of methoxy groups -OCH3 is 1. The fourth-order valence-electron chi connectivity index (χ4n) is 2.56. The topological polar surface area (TPSA) is 131 Å². The summed E-state index contributed by atoms with van der Waals surface area (Å²) in [6, 6.07) is 14.2. The van der Waals surface area contributed by atoms with Crippen LogP contribution in [0.4, 0.5) is 28.8 Å². The number of aromatic nitrogens is 2.